The summed E-state index contributed by atoms with van der Waals surface area (Å²) in [5.74, 6) is 0.810. The fourth-order valence-electron chi connectivity index (χ4n) is 1.97. The molecule has 3 N–H and O–H groups in total. The van der Waals surface area contributed by atoms with Gasteiger partial charge in [-0.3, -0.25) is 4.98 Å². The van der Waals surface area contributed by atoms with Crippen molar-refractivity contribution in [2.24, 2.45) is 5.73 Å². The van der Waals surface area contributed by atoms with Crippen LogP contribution in [0.2, 0.25) is 0 Å². The van der Waals surface area contributed by atoms with Crippen molar-refractivity contribution in [3.05, 3.63) is 66.2 Å². The molecule has 1 aromatic rings. The highest BCUT2D eigenvalue weighted by atomic mass is 16.5. The molecule has 0 aliphatic rings. The van der Waals surface area contributed by atoms with E-state index in [9.17, 15) is 0 Å². The van der Waals surface area contributed by atoms with Crippen molar-refractivity contribution in [1.29, 1.82) is 0 Å². The number of aromatic nitrogens is 1. The van der Waals surface area contributed by atoms with E-state index >= 15 is 0 Å². The average Bonchev–Trinajstić information content (AvgIpc) is 2.57. The van der Waals surface area contributed by atoms with Crippen molar-refractivity contribution in [1.82, 2.24) is 10.3 Å². The van der Waals surface area contributed by atoms with Gasteiger partial charge in [0.25, 0.3) is 0 Å². The molecule has 4 heteroatoms. The molecule has 0 bridgehead atoms. The molecule has 1 rings (SSSR count). The molecule has 0 radical (unpaired) electrons. The summed E-state index contributed by atoms with van der Waals surface area (Å²) in [6, 6.07) is 3.90. The number of pyridine rings is 1. The van der Waals surface area contributed by atoms with Gasteiger partial charge in [-0.1, -0.05) is 18.7 Å². The van der Waals surface area contributed by atoms with Crippen molar-refractivity contribution < 1.29 is 4.74 Å². The fourth-order valence-corrected chi connectivity index (χ4v) is 1.97. The van der Waals surface area contributed by atoms with Crippen LogP contribution in [0.5, 0.6) is 0 Å². The maximum atomic E-state index is 6.15. The third kappa shape index (κ3) is 6.80. The third-order valence-corrected chi connectivity index (χ3v) is 3.63. The molecule has 0 fully saturated rings. The predicted molar refractivity (Wildman–Crippen MR) is 96.9 cm³/mol. The van der Waals surface area contributed by atoms with E-state index in [-0.39, 0.29) is 11.6 Å². The van der Waals surface area contributed by atoms with Crippen LogP contribution in [0.15, 0.2) is 60.7 Å². The summed E-state index contributed by atoms with van der Waals surface area (Å²) < 4.78 is 5.76. The zero-order chi connectivity index (χ0) is 17.3. The zero-order valence-corrected chi connectivity index (χ0v) is 14.7. The van der Waals surface area contributed by atoms with Gasteiger partial charge in [-0.05, 0) is 57.0 Å². The first kappa shape index (κ1) is 19.1. The maximum absolute atomic E-state index is 6.15. The first-order valence-corrected chi connectivity index (χ1v) is 7.90. The van der Waals surface area contributed by atoms with Gasteiger partial charge in [0.1, 0.15) is 12.4 Å². The van der Waals surface area contributed by atoms with Gasteiger partial charge in [0.2, 0.25) is 0 Å². The molecular formula is C19H29N3O. The maximum Gasteiger partial charge on any atom is 0.115 e. The van der Waals surface area contributed by atoms with Crippen molar-refractivity contribution in [3.63, 3.8) is 0 Å². The second kappa shape index (κ2) is 9.28. The molecule has 0 aliphatic heterocycles. The number of hydrogen-bond acceptors (Lipinski definition) is 4. The minimum atomic E-state index is -0.186. The lowest BCUT2D eigenvalue weighted by molar-refractivity contribution is 0.196. The number of nitrogens with two attached hydrogens (primary N) is 1. The molecule has 0 aliphatic carbocycles. The Kier molecular flexibility index (Phi) is 7.72. The van der Waals surface area contributed by atoms with E-state index in [0.29, 0.717) is 13.2 Å². The second-order valence-electron chi connectivity index (χ2n) is 6.10. The molecule has 4 nitrogen and oxygen atoms in total. The molecule has 1 aromatic heterocycles. The average molecular weight is 315 g/mol. The minimum absolute atomic E-state index is 0.0988. The van der Waals surface area contributed by atoms with Crippen LogP contribution in [-0.2, 0) is 10.3 Å². The Balaban J connectivity index is 2.48. The molecule has 126 valence electrons. The minimum Gasteiger partial charge on any atom is -0.492 e. The summed E-state index contributed by atoms with van der Waals surface area (Å²) in [5, 5.41) is 3.47. The van der Waals surface area contributed by atoms with Crippen LogP contribution in [0.1, 0.15) is 33.3 Å². The third-order valence-electron chi connectivity index (χ3n) is 3.63. The Morgan fingerprint density at radius 2 is 2.26 bits per heavy atom. The molecule has 1 unspecified atom stereocenters. The highest BCUT2D eigenvalue weighted by Gasteiger charge is 2.20. The zero-order valence-electron chi connectivity index (χ0n) is 14.7. The standard InChI is InChI=1S/C19H29N3O/c1-6-15(3)11-18(7-2)23-14-17(20)13-22-19(4,5)16-9-8-10-21-12-16/h6-12,17,22H,1,13-14,20H2,2-5H3/b15-11-,18-7+. The summed E-state index contributed by atoms with van der Waals surface area (Å²) in [5.41, 5.74) is 8.16. The topological polar surface area (TPSA) is 60.2 Å². The van der Waals surface area contributed by atoms with E-state index in [4.69, 9.17) is 10.5 Å². The van der Waals surface area contributed by atoms with E-state index in [1.54, 1.807) is 12.3 Å². The summed E-state index contributed by atoms with van der Waals surface area (Å²) in [7, 11) is 0. The lowest BCUT2D eigenvalue weighted by Crippen LogP contribution is -2.45. The quantitative estimate of drug-likeness (QED) is 0.542. The molecule has 0 spiro atoms. The number of hydrogen-bond donors (Lipinski definition) is 2. The normalized spacial score (nSPS) is 14.5. The first-order valence-electron chi connectivity index (χ1n) is 7.90. The molecule has 23 heavy (non-hydrogen) atoms. The van der Waals surface area contributed by atoms with Crippen molar-refractivity contribution in [2.75, 3.05) is 13.2 Å². The van der Waals surface area contributed by atoms with E-state index in [2.05, 4.69) is 36.8 Å². The SMILES string of the molecule is C=C/C(C)=C\C(=C/C)OCC(N)CNC(C)(C)c1cccnc1. The number of nitrogens with zero attached hydrogens (tertiary/aromatic N) is 1. The van der Waals surface area contributed by atoms with Crippen molar-refractivity contribution in [3.8, 4) is 0 Å². The van der Waals surface area contributed by atoms with E-state index < -0.39 is 0 Å². The van der Waals surface area contributed by atoms with Gasteiger partial charge in [0.05, 0.1) is 6.04 Å². The van der Waals surface area contributed by atoms with Gasteiger partial charge in [0, 0.05) is 24.5 Å². The van der Waals surface area contributed by atoms with Crippen LogP contribution in [0.25, 0.3) is 0 Å². The first-order chi connectivity index (χ1) is 10.9. The predicted octanol–water partition coefficient (Wildman–Crippen LogP) is 3.29. The van der Waals surface area contributed by atoms with Crippen LogP contribution in [0.3, 0.4) is 0 Å². The van der Waals surface area contributed by atoms with Gasteiger partial charge in [-0.2, -0.15) is 0 Å². The number of rotatable bonds is 9. The molecular weight excluding hydrogens is 286 g/mol. The fraction of sp³-hybridized carbons (Fsp3) is 0.421. The van der Waals surface area contributed by atoms with Crippen molar-refractivity contribution in [2.45, 2.75) is 39.3 Å². The number of allylic oxidation sites excluding steroid dienone is 4. The van der Waals surface area contributed by atoms with Crippen molar-refractivity contribution >= 4 is 0 Å². The monoisotopic (exact) mass is 315 g/mol. The Morgan fingerprint density at radius 3 is 2.83 bits per heavy atom. The highest BCUT2D eigenvalue weighted by molar-refractivity contribution is 5.23. The summed E-state index contributed by atoms with van der Waals surface area (Å²) in [4.78, 5) is 4.17. The van der Waals surface area contributed by atoms with Crippen LogP contribution in [0, 0.1) is 0 Å². The molecule has 0 saturated carbocycles. The number of ether oxygens (including phenoxy) is 1. The number of nitrogens with one attached hydrogen (secondary N) is 1. The van der Waals surface area contributed by atoms with Crippen LogP contribution in [0.4, 0.5) is 0 Å². The largest absolute Gasteiger partial charge is 0.492 e. The van der Waals surface area contributed by atoms with Crippen LogP contribution < -0.4 is 11.1 Å². The molecule has 0 saturated heterocycles. The van der Waals surface area contributed by atoms with Gasteiger partial charge in [-0.25, -0.2) is 0 Å². The van der Waals surface area contributed by atoms with E-state index in [1.807, 2.05) is 38.3 Å². The second-order valence-corrected chi connectivity index (χ2v) is 6.10. The Morgan fingerprint density at radius 1 is 1.52 bits per heavy atom. The summed E-state index contributed by atoms with van der Waals surface area (Å²) >= 11 is 0. The van der Waals surface area contributed by atoms with E-state index in [1.165, 1.54) is 0 Å². The smallest absolute Gasteiger partial charge is 0.115 e. The lowest BCUT2D eigenvalue weighted by Gasteiger charge is -2.28. The van der Waals surface area contributed by atoms with Gasteiger partial charge >= 0.3 is 0 Å². The van der Waals surface area contributed by atoms with Crippen LogP contribution in [-0.4, -0.2) is 24.2 Å². The molecule has 1 atom stereocenters. The Labute approximate surface area is 140 Å². The molecule has 1 heterocycles. The summed E-state index contributed by atoms with van der Waals surface area (Å²) in [6.45, 7) is 13.0. The van der Waals surface area contributed by atoms with E-state index in [0.717, 1.165) is 16.9 Å². The van der Waals surface area contributed by atoms with Gasteiger partial charge in [0.15, 0.2) is 0 Å². The summed E-state index contributed by atoms with van der Waals surface area (Å²) in [6.07, 6.45) is 9.32. The molecule has 0 aromatic carbocycles. The molecule has 0 amide bonds. The lowest BCUT2D eigenvalue weighted by atomic mass is 9.96. The van der Waals surface area contributed by atoms with Gasteiger partial charge in [-0.15, -0.1) is 0 Å². The Bertz CT molecular complexity index is 547. The van der Waals surface area contributed by atoms with Gasteiger partial charge < -0.3 is 15.8 Å². The Hall–Kier alpha value is -1.91. The highest BCUT2D eigenvalue weighted by Crippen LogP contribution is 2.18. The van der Waals surface area contributed by atoms with Crippen LogP contribution >= 0.6 is 0 Å².